The van der Waals surface area contributed by atoms with E-state index in [-0.39, 0.29) is 10.7 Å². The summed E-state index contributed by atoms with van der Waals surface area (Å²) >= 11 is 13.7. The normalized spacial score (nSPS) is 12.4. The van der Waals surface area contributed by atoms with E-state index in [0.29, 0.717) is 38.2 Å². The quantitative estimate of drug-likeness (QED) is 0.201. The molecule has 34 heavy (non-hydrogen) atoms. The third-order valence-corrected chi connectivity index (χ3v) is 8.02. The number of sulfonamides is 1. The lowest BCUT2D eigenvalue weighted by Gasteiger charge is -2.18. The van der Waals surface area contributed by atoms with E-state index >= 15 is 0 Å². The number of benzene rings is 3. The molecule has 0 spiro atoms. The van der Waals surface area contributed by atoms with E-state index in [2.05, 4.69) is 9.71 Å². The Bertz CT molecular complexity index is 1440. The van der Waals surface area contributed by atoms with Crippen LogP contribution in [0.5, 0.6) is 0 Å². The van der Waals surface area contributed by atoms with E-state index in [1.54, 1.807) is 66.2 Å². The number of amidine groups is 1. The van der Waals surface area contributed by atoms with Gasteiger partial charge in [-0.25, -0.2) is 18.1 Å². The highest BCUT2D eigenvalue weighted by molar-refractivity contribution is 7.89. The van der Waals surface area contributed by atoms with Crippen molar-refractivity contribution in [3.05, 3.63) is 104 Å². The largest absolute Gasteiger partial charge is 0.384 e. The van der Waals surface area contributed by atoms with Gasteiger partial charge in [-0.2, -0.15) is 0 Å². The topological polar surface area (TPSA) is 109 Å². The fourth-order valence-corrected chi connectivity index (χ4v) is 6.02. The van der Waals surface area contributed by atoms with Gasteiger partial charge in [0, 0.05) is 32.7 Å². The van der Waals surface area contributed by atoms with Gasteiger partial charge in [-0.15, -0.1) is 11.3 Å². The number of halogens is 2. The Balaban J connectivity index is 1.65. The van der Waals surface area contributed by atoms with E-state index < -0.39 is 16.1 Å². The van der Waals surface area contributed by atoms with Gasteiger partial charge in [-0.3, -0.25) is 5.41 Å². The molecule has 174 valence electrons. The lowest BCUT2D eigenvalue weighted by molar-refractivity contribution is 0.554. The van der Waals surface area contributed by atoms with Gasteiger partial charge in [0.1, 0.15) is 10.8 Å². The average molecular weight is 531 g/mol. The van der Waals surface area contributed by atoms with Crippen LogP contribution in [0.2, 0.25) is 10.0 Å². The Kier molecular flexibility index (Phi) is 7.35. The van der Waals surface area contributed by atoms with Crippen LogP contribution in [0.1, 0.15) is 22.2 Å². The van der Waals surface area contributed by atoms with Crippen molar-refractivity contribution in [2.24, 2.45) is 5.73 Å². The van der Waals surface area contributed by atoms with Gasteiger partial charge in [0.15, 0.2) is 0 Å². The van der Waals surface area contributed by atoms with Crippen LogP contribution in [-0.4, -0.2) is 19.2 Å². The van der Waals surface area contributed by atoms with Crippen LogP contribution in [0.15, 0.2) is 83.2 Å². The fourth-order valence-electron chi connectivity index (χ4n) is 3.50. The molecule has 0 unspecified atom stereocenters. The zero-order chi connectivity index (χ0) is 24.3. The second-order valence-electron chi connectivity index (χ2n) is 7.51. The summed E-state index contributed by atoms with van der Waals surface area (Å²) < 4.78 is 29.6. The van der Waals surface area contributed by atoms with Crippen molar-refractivity contribution < 1.29 is 8.42 Å². The number of nitrogens with zero attached hydrogens (tertiary/aromatic N) is 1. The van der Waals surface area contributed by atoms with E-state index in [9.17, 15) is 8.42 Å². The van der Waals surface area contributed by atoms with Crippen molar-refractivity contribution >= 4 is 50.4 Å². The first-order valence-electron chi connectivity index (χ1n) is 10.1. The Morgan fingerprint density at radius 3 is 2.59 bits per heavy atom. The molecule has 0 fully saturated rings. The van der Waals surface area contributed by atoms with E-state index in [1.165, 1.54) is 17.4 Å². The monoisotopic (exact) mass is 530 g/mol. The van der Waals surface area contributed by atoms with Gasteiger partial charge in [-0.1, -0.05) is 59.6 Å². The lowest BCUT2D eigenvalue weighted by Crippen LogP contribution is -2.30. The molecule has 1 heterocycles. The number of nitrogen functional groups attached to an aromatic ring is 1. The second kappa shape index (κ2) is 10.2. The standard InChI is InChI=1S/C24H20Cl2N4O2S2/c25-18-7-8-20(21(26)14-18)16-4-2-6-19(13-16)34(31,32)30-22(24-29-9-10-33-24)12-15-3-1-5-17(11-15)23(27)28/h1-11,13-14,22,30H,12H2,(H3,27,28)/t22-/m0/s1. The maximum Gasteiger partial charge on any atom is 0.241 e. The van der Waals surface area contributed by atoms with Crippen LogP contribution in [-0.2, 0) is 16.4 Å². The zero-order valence-electron chi connectivity index (χ0n) is 17.7. The van der Waals surface area contributed by atoms with Crippen molar-refractivity contribution in [3.8, 4) is 11.1 Å². The SMILES string of the molecule is N=C(N)c1cccc(C[C@H](NS(=O)(=O)c2cccc(-c3ccc(Cl)cc3Cl)c2)c2nccs2)c1. The van der Waals surface area contributed by atoms with Gasteiger partial charge in [0.05, 0.1) is 10.9 Å². The summed E-state index contributed by atoms with van der Waals surface area (Å²) in [5.74, 6) is -0.0501. The third-order valence-electron chi connectivity index (χ3n) is 5.11. The molecule has 0 aliphatic heterocycles. The van der Waals surface area contributed by atoms with Crippen LogP contribution in [0, 0.1) is 5.41 Å². The Labute approximate surface area is 211 Å². The minimum absolute atomic E-state index is 0.0501. The summed E-state index contributed by atoms with van der Waals surface area (Å²) in [4.78, 5) is 4.43. The highest BCUT2D eigenvalue weighted by atomic mass is 35.5. The molecular formula is C24H20Cl2N4O2S2. The number of nitrogens with two attached hydrogens (primary N) is 1. The molecule has 0 saturated heterocycles. The average Bonchev–Trinajstić information content (AvgIpc) is 3.34. The van der Waals surface area contributed by atoms with E-state index in [1.807, 2.05) is 6.07 Å². The van der Waals surface area contributed by atoms with Crippen molar-refractivity contribution in [1.82, 2.24) is 9.71 Å². The number of rotatable bonds is 8. The summed E-state index contributed by atoms with van der Waals surface area (Å²) in [6.07, 6.45) is 1.98. The molecule has 0 aliphatic rings. The summed E-state index contributed by atoms with van der Waals surface area (Å²) in [5, 5.41) is 11.0. The second-order valence-corrected chi connectivity index (χ2v) is 11.0. The first-order chi connectivity index (χ1) is 16.2. The summed E-state index contributed by atoms with van der Waals surface area (Å²) in [6.45, 7) is 0. The van der Waals surface area contributed by atoms with Gasteiger partial charge in [0.25, 0.3) is 0 Å². The maximum absolute atomic E-state index is 13.4. The van der Waals surface area contributed by atoms with Crippen LogP contribution in [0.4, 0.5) is 0 Å². The number of thiazole rings is 1. The van der Waals surface area contributed by atoms with Crippen molar-refractivity contribution in [1.29, 1.82) is 5.41 Å². The molecule has 0 radical (unpaired) electrons. The first-order valence-corrected chi connectivity index (χ1v) is 13.3. The molecule has 4 rings (SSSR count). The minimum atomic E-state index is -3.90. The fraction of sp³-hybridized carbons (Fsp3) is 0.0833. The van der Waals surface area contributed by atoms with Crippen molar-refractivity contribution in [2.45, 2.75) is 17.4 Å². The first kappa shape index (κ1) is 24.4. The molecule has 10 heteroatoms. The Morgan fingerprint density at radius 1 is 1.09 bits per heavy atom. The van der Waals surface area contributed by atoms with E-state index in [0.717, 1.165) is 5.56 Å². The molecule has 4 N–H and O–H groups in total. The summed E-state index contributed by atoms with van der Waals surface area (Å²) in [6, 6.07) is 18.2. The summed E-state index contributed by atoms with van der Waals surface area (Å²) in [5.41, 5.74) is 8.36. The number of aromatic nitrogens is 1. The predicted molar refractivity (Wildman–Crippen MR) is 138 cm³/mol. The molecule has 4 aromatic rings. The Hall–Kier alpha value is -2.75. The Morgan fingerprint density at radius 2 is 1.88 bits per heavy atom. The smallest absolute Gasteiger partial charge is 0.241 e. The van der Waals surface area contributed by atoms with Crippen LogP contribution in [0.3, 0.4) is 0 Å². The highest BCUT2D eigenvalue weighted by Crippen LogP contribution is 2.32. The van der Waals surface area contributed by atoms with Crippen LogP contribution >= 0.6 is 34.5 Å². The van der Waals surface area contributed by atoms with Crippen molar-refractivity contribution in [2.75, 3.05) is 0 Å². The van der Waals surface area contributed by atoms with Gasteiger partial charge < -0.3 is 5.73 Å². The summed E-state index contributed by atoms with van der Waals surface area (Å²) in [7, 11) is -3.90. The maximum atomic E-state index is 13.4. The van der Waals surface area contributed by atoms with Crippen LogP contribution < -0.4 is 10.5 Å². The van der Waals surface area contributed by atoms with Crippen molar-refractivity contribution in [3.63, 3.8) is 0 Å². The molecule has 1 atom stereocenters. The number of hydrogen-bond acceptors (Lipinski definition) is 5. The molecule has 1 aromatic heterocycles. The van der Waals surface area contributed by atoms with Gasteiger partial charge >= 0.3 is 0 Å². The zero-order valence-corrected chi connectivity index (χ0v) is 20.8. The molecule has 3 aromatic carbocycles. The van der Waals surface area contributed by atoms with Gasteiger partial charge in [0.2, 0.25) is 10.0 Å². The number of hydrogen-bond donors (Lipinski definition) is 3. The molecule has 0 amide bonds. The van der Waals surface area contributed by atoms with Gasteiger partial charge in [-0.05, 0) is 47.9 Å². The molecular weight excluding hydrogens is 511 g/mol. The molecule has 6 nitrogen and oxygen atoms in total. The highest BCUT2D eigenvalue weighted by Gasteiger charge is 2.24. The lowest BCUT2D eigenvalue weighted by atomic mass is 10.0. The molecule has 0 aliphatic carbocycles. The van der Waals surface area contributed by atoms with E-state index in [4.69, 9.17) is 34.3 Å². The third kappa shape index (κ3) is 5.65. The van der Waals surface area contributed by atoms with Crippen LogP contribution in [0.25, 0.3) is 11.1 Å². The molecule has 0 bridgehead atoms. The number of nitrogens with one attached hydrogen (secondary N) is 2. The minimum Gasteiger partial charge on any atom is -0.384 e. The predicted octanol–water partition coefficient (Wildman–Crippen LogP) is 5.66. The molecule has 0 saturated carbocycles.